The average Bonchev–Trinajstić information content (AvgIpc) is 2.66. The van der Waals surface area contributed by atoms with E-state index in [9.17, 15) is 9.59 Å². The van der Waals surface area contributed by atoms with E-state index in [-0.39, 0.29) is 18.4 Å². The van der Waals surface area contributed by atoms with Gasteiger partial charge in [0.15, 0.2) is 0 Å². The van der Waals surface area contributed by atoms with Crippen molar-refractivity contribution in [2.24, 2.45) is 5.92 Å². The Balaban J connectivity index is 2.29. The van der Waals surface area contributed by atoms with Gasteiger partial charge in [0, 0.05) is 0 Å². The molecule has 0 atom stereocenters. The normalized spacial score (nSPS) is 14.5. The third-order valence-corrected chi connectivity index (χ3v) is 1.69. The first-order valence-electron chi connectivity index (χ1n) is 3.93. The van der Waals surface area contributed by atoms with Gasteiger partial charge >= 0.3 is 5.97 Å². The van der Waals surface area contributed by atoms with Crippen molar-refractivity contribution in [2.45, 2.75) is 0 Å². The molecule has 0 aromatic rings. The molecule has 0 saturated heterocycles. The number of hydrogen-bond acceptors (Lipinski definition) is 3. The van der Waals surface area contributed by atoms with Crippen LogP contribution in [0.3, 0.4) is 0 Å². The second-order valence-electron chi connectivity index (χ2n) is 2.59. The Kier molecular flexibility index (Phi) is 3.25. The summed E-state index contributed by atoms with van der Waals surface area (Å²) in [6, 6.07) is 0. The van der Waals surface area contributed by atoms with Crippen molar-refractivity contribution in [1.82, 2.24) is 5.32 Å². The van der Waals surface area contributed by atoms with Crippen LogP contribution in [0.15, 0.2) is 24.3 Å². The van der Waals surface area contributed by atoms with Crippen LogP contribution in [0.1, 0.15) is 0 Å². The predicted octanol–water partition coefficient (Wildman–Crippen LogP) is 0.0178. The summed E-state index contributed by atoms with van der Waals surface area (Å²) in [4.78, 5) is 21.9. The SMILES string of the molecule is COC(=O)CNC(=O)C1C=CC=C1. The van der Waals surface area contributed by atoms with E-state index >= 15 is 0 Å². The van der Waals surface area contributed by atoms with Crippen molar-refractivity contribution in [1.29, 1.82) is 0 Å². The lowest BCUT2D eigenvalue weighted by atomic mass is 10.1. The highest BCUT2D eigenvalue weighted by Gasteiger charge is 2.14. The topological polar surface area (TPSA) is 55.4 Å². The molecule has 13 heavy (non-hydrogen) atoms. The summed E-state index contributed by atoms with van der Waals surface area (Å²) in [7, 11) is 1.28. The number of hydrogen-bond donors (Lipinski definition) is 1. The van der Waals surface area contributed by atoms with E-state index in [1.54, 1.807) is 24.3 Å². The van der Waals surface area contributed by atoms with Gasteiger partial charge in [-0.2, -0.15) is 0 Å². The third-order valence-electron chi connectivity index (χ3n) is 1.69. The molecule has 1 aliphatic carbocycles. The molecule has 0 fully saturated rings. The van der Waals surface area contributed by atoms with Gasteiger partial charge in [-0.3, -0.25) is 9.59 Å². The minimum Gasteiger partial charge on any atom is -0.468 e. The highest BCUT2D eigenvalue weighted by molar-refractivity contribution is 5.86. The Morgan fingerprint density at radius 2 is 2.00 bits per heavy atom. The highest BCUT2D eigenvalue weighted by atomic mass is 16.5. The maximum absolute atomic E-state index is 11.2. The first-order chi connectivity index (χ1) is 6.24. The summed E-state index contributed by atoms with van der Waals surface area (Å²) in [6.07, 6.45) is 7.10. The molecule has 0 heterocycles. The fourth-order valence-corrected chi connectivity index (χ4v) is 0.956. The van der Waals surface area contributed by atoms with E-state index in [1.807, 2.05) is 0 Å². The van der Waals surface area contributed by atoms with Crippen LogP contribution in [0, 0.1) is 5.92 Å². The molecule has 1 rings (SSSR count). The lowest BCUT2D eigenvalue weighted by Crippen LogP contribution is -2.33. The van der Waals surface area contributed by atoms with E-state index in [1.165, 1.54) is 7.11 Å². The maximum Gasteiger partial charge on any atom is 0.325 e. The van der Waals surface area contributed by atoms with Crippen LogP contribution in [0.4, 0.5) is 0 Å². The van der Waals surface area contributed by atoms with Gasteiger partial charge < -0.3 is 10.1 Å². The number of nitrogens with one attached hydrogen (secondary N) is 1. The van der Waals surface area contributed by atoms with Gasteiger partial charge in [0.05, 0.1) is 13.0 Å². The molecule has 0 spiro atoms. The fourth-order valence-electron chi connectivity index (χ4n) is 0.956. The number of rotatable bonds is 3. The predicted molar refractivity (Wildman–Crippen MR) is 46.8 cm³/mol. The van der Waals surface area contributed by atoms with Crippen LogP contribution in [0.5, 0.6) is 0 Å². The first kappa shape index (κ1) is 9.51. The van der Waals surface area contributed by atoms with Crippen molar-refractivity contribution in [3.05, 3.63) is 24.3 Å². The molecule has 1 N–H and O–H groups in total. The number of amides is 1. The minimum atomic E-state index is -0.445. The van der Waals surface area contributed by atoms with Gasteiger partial charge in [0.1, 0.15) is 6.54 Å². The van der Waals surface area contributed by atoms with E-state index in [4.69, 9.17) is 0 Å². The molecule has 4 nitrogen and oxygen atoms in total. The van der Waals surface area contributed by atoms with E-state index in [0.29, 0.717) is 0 Å². The minimum absolute atomic E-state index is 0.0759. The van der Waals surface area contributed by atoms with Gasteiger partial charge in [-0.15, -0.1) is 0 Å². The Morgan fingerprint density at radius 3 is 2.54 bits per heavy atom. The first-order valence-corrected chi connectivity index (χ1v) is 3.93. The van der Waals surface area contributed by atoms with Gasteiger partial charge in [0.2, 0.25) is 5.91 Å². The molecule has 0 aromatic heterocycles. The summed E-state index contributed by atoms with van der Waals surface area (Å²) >= 11 is 0. The van der Waals surface area contributed by atoms with Crippen molar-refractivity contribution >= 4 is 11.9 Å². The van der Waals surface area contributed by atoms with Crippen LogP contribution in [0.25, 0.3) is 0 Å². The average molecular weight is 181 g/mol. The summed E-state index contributed by atoms with van der Waals surface area (Å²) in [6.45, 7) is -0.0759. The van der Waals surface area contributed by atoms with Crippen molar-refractivity contribution in [3.63, 3.8) is 0 Å². The number of allylic oxidation sites excluding steroid dienone is 2. The molecular weight excluding hydrogens is 170 g/mol. The quantitative estimate of drug-likeness (QED) is 0.624. The Labute approximate surface area is 76.3 Å². The molecule has 0 aromatic carbocycles. The number of carbonyl (C=O) groups is 2. The lowest BCUT2D eigenvalue weighted by Gasteiger charge is -2.05. The van der Waals surface area contributed by atoms with E-state index in [2.05, 4.69) is 10.1 Å². The Bertz CT molecular complexity index is 256. The zero-order valence-electron chi connectivity index (χ0n) is 7.32. The zero-order valence-corrected chi connectivity index (χ0v) is 7.32. The lowest BCUT2D eigenvalue weighted by molar-refractivity contribution is -0.141. The zero-order chi connectivity index (χ0) is 9.68. The van der Waals surface area contributed by atoms with E-state index < -0.39 is 5.97 Å². The van der Waals surface area contributed by atoms with Crippen molar-refractivity contribution in [3.8, 4) is 0 Å². The third kappa shape index (κ3) is 2.74. The van der Waals surface area contributed by atoms with Crippen molar-refractivity contribution in [2.75, 3.05) is 13.7 Å². The van der Waals surface area contributed by atoms with Gasteiger partial charge in [0.25, 0.3) is 0 Å². The summed E-state index contributed by atoms with van der Waals surface area (Å²) in [5.41, 5.74) is 0. The van der Waals surface area contributed by atoms with Crippen LogP contribution in [-0.2, 0) is 14.3 Å². The molecule has 70 valence electrons. The molecule has 4 heteroatoms. The van der Waals surface area contributed by atoms with Crippen molar-refractivity contribution < 1.29 is 14.3 Å². The molecule has 1 aliphatic rings. The monoisotopic (exact) mass is 181 g/mol. The molecule has 0 aliphatic heterocycles. The highest BCUT2D eigenvalue weighted by Crippen LogP contribution is 2.07. The molecule has 0 saturated carbocycles. The van der Waals surface area contributed by atoms with Crippen LogP contribution < -0.4 is 5.32 Å². The van der Waals surface area contributed by atoms with Gasteiger partial charge in [-0.1, -0.05) is 24.3 Å². The Morgan fingerprint density at radius 1 is 1.38 bits per heavy atom. The standard InChI is InChI=1S/C9H11NO3/c1-13-8(11)6-10-9(12)7-4-2-3-5-7/h2-5,7H,6H2,1H3,(H,10,12). The molecule has 1 amide bonds. The number of methoxy groups -OCH3 is 1. The number of ether oxygens (including phenoxy) is 1. The smallest absolute Gasteiger partial charge is 0.325 e. The number of esters is 1. The fraction of sp³-hybridized carbons (Fsp3) is 0.333. The van der Waals surface area contributed by atoms with E-state index in [0.717, 1.165) is 0 Å². The molecular formula is C9H11NO3. The summed E-state index contributed by atoms with van der Waals surface area (Å²) in [5, 5.41) is 2.46. The van der Waals surface area contributed by atoms with Gasteiger partial charge in [-0.05, 0) is 0 Å². The molecule has 0 unspecified atom stereocenters. The second-order valence-corrected chi connectivity index (χ2v) is 2.59. The van der Waals surface area contributed by atoms with Crippen LogP contribution in [0.2, 0.25) is 0 Å². The Hall–Kier alpha value is -1.58. The second kappa shape index (κ2) is 4.45. The maximum atomic E-state index is 11.2. The van der Waals surface area contributed by atoms with Crippen LogP contribution >= 0.6 is 0 Å². The summed E-state index contributed by atoms with van der Waals surface area (Å²) in [5.74, 6) is -0.876. The molecule has 0 radical (unpaired) electrons. The van der Waals surface area contributed by atoms with Gasteiger partial charge in [-0.25, -0.2) is 0 Å². The van der Waals surface area contributed by atoms with Crippen LogP contribution in [-0.4, -0.2) is 25.5 Å². The molecule has 0 bridgehead atoms. The summed E-state index contributed by atoms with van der Waals surface area (Å²) < 4.78 is 4.37. The number of carbonyl (C=O) groups excluding carboxylic acids is 2. The largest absolute Gasteiger partial charge is 0.468 e.